The van der Waals surface area contributed by atoms with Gasteiger partial charge in [-0.25, -0.2) is 14.5 Å². The van der Waals surface area contributed by atoms with Gasteiger partial charge >= 0.3 is 11.8 Å². The van der Waals surface area contributed by atoms with E-state index in [1.165, 1.54) is 11.6 Å². The van der Waals surface area contributed by atoms with Crippen LogP contribution in [-0.4, -0.2) is 33.1 Å². The van der Waals surface area contributed by atoms with E-state index in [-0.39, 0.29) is 5.76 Å². The van der Waals surface area contributed by atoms with Crippen LogP contribution >= 0.6 is 0 Å². The van der Waals surface area contributed by atoms with Crippen LogP contribution in [-0.2, 0) is 23.1 Å². The summed E-state index contributed by atoms with van der Waals surface area (Å²) in [5.41, 5.74) is 4.12. The molecule has 166 valence electrons. The summed E-state index contributed by atoms with van der Waals surface area (Å²) in [6, 6.07) is 11.9. The maximum Gasteiger partial charge on any atom is 0.422 e. The van der Waals surface area contributed by atoms with Crippen molar-refractivity contribution in [2.24, 2.45) is 7.05 Å². The first-order valence-electron chi connectivity index (χ1n) is 10.4. The van der Waals surface area contributed by atoms with Gasteiger partial charge in [-0.2, -0.15) is 0 Å². The minimum Gasteiger partial charge on any atom is -0.408 e. The number of imide groups is 1. The molecule has 0 unspecified atom stereocenters. The van der Waals surface area contributed by atoms with Gasteiger partial charge in [0, 0.05) is 42.4 Å². The van der Waals surface area contributed by atoms with Crippen LogP contribution in [0.2, 0.25) is 0 Å². The van der Waals surface area contributed by atoms with Gasteiger partial charge in [-0.3, -0.25) is 9.36 Å². The molecule has 0 spiro atoms. The molecule has 0 bridgehead atoms. The molecule has 2 aromatic heterocycles. The van der Waals surface area contributed by atoms with Crippen LogP contribution < -0.4 is 16.5 Å². The Morgan fingerprint density at radius 2 is 1.55 bits per heavy atom. The summed E-state index contributed by atoms with van der Waals surface area (Å²) < 4.78 is 13.9. The maximum atomic E-state index is 12.2. The number of carbonyl (C=O) groups is 2. The number of ether oxygens (including phenoxy) is 1. The van der Waals surface area contributed by atoms with Gasteiger partial charge in [-0.05, 0) is 54.5 Å². The number of rotatable bonds is 3. The van der Waals surface area contributed by atoms with E-state index in [1.807, 2.05) is 36.4 Å². The highest BCUT2D eigenvalue weighted by atomic mass is 16.6. The topological polar surface area (TPSA) is 86.7 Å². The molecule has 3 heterocycles. The summed E-state index contributed by atoms with van der Waals surface area (Å²) in [6.07, 6.45) is 2.67. The second kappa shape index (κ2) is 7.37. The summed E-state index contributed by atoms with van der Waals surface area (Å²) in [5, 5.41) is 2.51. The fourth-order valence-corrected chi connectivity index (χ4v) is 4.12. The third kappa shape index (κ3) is 3.18. The van der Waals surface area contributed by atoms with Crippen molar-refractivity contribution in [2.75, 3.05) is 7.05 Å². The number of amides is 2. The van der Waals surface area contributed by atoms with Gasteiger partial charge in [0.15, 0.2) is 11.2 Å². The lowest BCUT2D eigenvalue weighted by molar-refractivity contribution is -0.122. The molecule has 8 heteroatoms. The molecule has 33 heavy (non-hydrogen) atoms. The standard InChI is InChI=1S/C25H21N3O5/c1-5-28-19-8-6-15(12-21-14(2)26(3)24(30)32-21)10-17(19)18-11-16(7-9-20(18)28)13-22-23(29)27(4)25(31)33-22/h6-13H,2,5H2,1,3-4H3/b21-12+,22-13+. The van der Waals surface area contributed by atoms with Gasteiger partial charge in [0.25, 0.3) is 5.91 Å². The van der Waals surface area contributed by atoms with E-state index in [0.717, 1.165) is 44.4 Å². The van der Waals surface area contributed by atoms with Crippen LogP contribution in [0.25, 0.3) is 40.5 Å². The van der Waals surface area contributed by atoms with Crippen molar-refractivity contribution in [1.29, 1.82) is 0 Å². The van der Waals surface area contributed by atoms with Crippen molar-refractivity contribution >= 4 is 52.5 Å². The lowest BCUT2D eigenvalue weighted by Gasteiger charge is -2.03. The number of cyclic esters (lactones) is 1. The Kier molecular flexibility index (Phi) is 4.59. The molecule has 2 aromatic carbocycles. The summed E-state index contributed by atoms with van der Waals surface area (Å²) >= 11 is 0. The lowest BCUT2D eigenvalue weighted by Crippen LogP contribution is -2.28. The minimum absolute atomic E-state index is 0.00261. The number of likely N-dealkylation sites (N-methyl/N-ethyl adjacent to an activating group) is 1. The number of benzene rings is 2. The Morgan fingerprint density at radius 1 is 0.939 bits per heavy atom. The highest BCUT2D eigenvalue weighted by molar-refractivity contribution is 6.11. The number of nitrogens with zero attached hydrogens (tertiary/aromatic N) is 3. The zero-order valence-corrected chi connectivity index (χ0v) is 18.4. The Bertz CT molecular complexity index is 1680. The number of aromatic nitrogens is 2. The van der Waals surface area contributed by atoms with Crippen molar-refractivity contribution in [2.45, 2.75) is 13.5 Å². The van der Waals surface area contributed by atoms with Gasteiger partial charge < -0.3 is 13.7 Å². The van der Waals surface area contributed by atoms with E-state index in [4.69, 9.17) is 9.15 Å². The minimum atomic E-state index is -0.688. The summed E-state index contributed by atoms with van der Waals surface area (Å²) in [5.74, 6) is -0.932. The number of hydrogen-bond donors (Lipinski definition) is 0. The largest absolute Gasteiger partial charge is 0.422 e. The van der Waals surface area contributed by atoms with Crippen molar-refractivity contribution in [3.63, 3.8) is 0 Å². The second-order valence-electron chi connectivity index (χ2n) is 7.92. The molecule has 0 aliphatic carbocycles. The van der Waals surface area contributed by atoms with Crippen molar-refractivity contribution < 1.29 is 18.7 Å². The molecule has 0 radical (unpaired) electrons. The van der Waals surface area contributed by atoms with Crippen LogP contribution in [0.5, 0.6) is 0 Å². The molecule has 0 atom stereocenters. The number of aryl methyl sites for hydroxylation is 1. The molecule has 8 nitrogen and oxygen atoms in total. The van der Waals surface area contributed by atoms with Crippen LogP contribution in [0.4, 0.5) is 4.79 Å². The zero-order chi connectivity index (χ0) is 23.4. The molecule has 5 rings (SSSR count). The molecule has 1 fully saturated rings. The van der Waals surface area contributed by atoms with E-state index in [0.29, 0.717) is 10.8 Å². The Balaban J connectivity index is 1.70. The molecular formula is C25H21N3O5. The van der Waals surface area contributed by atoms with Gasteiger partial charge in [0.05, 0.1) is 5.35 Å². The molecule has 1 aliphatic rings. The summed E-state index contributed by atoms with van der Waals surface area (Å²) in [7, 11) is 3.00. The first-order chi connectivity index (χ1) is 15.8. The van der Waals surface area contributed by atoms with Gasteiger partial charge in [0.1, 0.15) is 0 Å². The Labute approximate surface area is 187 Å². The molecule has 1 saturated heterocycles. The fraction of sp³-hybridized carbons (Fsp3) is 0.160. The molecule has 2 amide bonds. The Hall–Kier alpha value is -4.33. The third-order valence-corrected chi connectivity index (χ3v) is 5.97. The average molecular weight is 443 g/mol. The SMILES string of the molecule is C=c1/c(=C\c2ccc3c(c2)c2cc(/C=C4/OC(=O)N(C)C4=O)ccc2n3CC)oc(=O)n1C. The van der Waals surface area contributed by atoms with Gasteiger partial charge in [0.2, 0.25) is 0 Å². The van der Waals surface area contributed by atoms with Gasteiger partial charge in [-0.15, -0.1) is 0 Å². The van der Waals surface area contributed by atoms with E-state index >= 15 is 0 Å². The monoisotopic (exact) mass is 443 g/mol. The normalized spacial score (nSPS) is 16.0. The molecule has 1 aliphatic heterocycles. The summed E-state index contributed by atoms with van der Waals surface area (Å²) in [4.78, 5) is 36.6. The quantitative estimate of drug-likeness (QED) is 0.454. The van der Waals surface area contributed by atoms with Crippen molar-refractivity contribution in [1.82, 2.24) is 14.0 Å². The average Bonchev–Trinajstić information content (AvgIpc) is 3.34. The van der Waals surface area contributed by atoms with E-state index in [2.05, 4.69) is 18.1 Å². The number of carbonyl (C=O) groups excluding carboxylic acids is 2. The fourth-order valence-electron chi connectivity index (χ4n) is 4.12. The van der Waals surface area contributed by atoms with Crippen LogP contribution in [0.15, 0.2) is 51.4 Å². The zero-order valence-electron chi connectivity index (χ0n) is 18.4. The number of fused-ring (bicyclic) bond motifs is 3. The molecule has 0 saturated carbocycles. The Morgan fingerprint density at radius 3 is 2.03 bits per heavy atom. The maximum absolute atomic E-state index is 12.2. The third-order valence-electron chi connectivity index (χ3n) is 5.97. The van der Waals surface area contributed by atoms with E-state index < -0.39 is 17.8 Å². The molecular weight excluding hydrogens is 422 g/mol. The predicted molar refractivity (Wildman–Crippen MR) is 125 cm³/mol. The summed E-state index contributed by atoms with van der Waals surface area (Å²) in [6.45, 7) is 6.76. The molecule has 0 N–H and O–H groups in total. The highest BCUT2D eigenvalue weighted by Crippen LogP contribution is 2.31. The van der Waals surface area contributed by atoms with Crippen LogP contribution in [0.1, 0.15) is 18.1 Å². The highest BCUT2D eigenvalue weighted by Gasteiger charge is 2.33. The van der Waals surface area contributed by atoms with Crippen LogP contribution in [0.3, 0.4) is 0 Å². The van der Waals surface area contributed by atoms with Crippen LogP contribution in [0, 0.1) is 0 Å². The van der Waals surface area contributed by atoms with E-state index in [1.54, 1.807) is 19.2 Å². The second-order valence-corrected chi connectivity index (χ2v) is 7.92. The lowest BCUT2D eigenvalue weighted by atomic mass is 10.1. The van der Waals surface area contributed by atoms with Gasteiger partial charge in [-0.1, -0.05) is 18.7 Å². The first kappa shape index (κ1) is 20.6. The first-order valence-corrected chi connectivity index (χ1v) is 10.4. The molecule has 4 aromatic rings. The smallest absolute Gasteiger partial charge is 0.408 e. The van der Waals surface area contributed by atoms with Crippen molar-refractivity contribution in [3.05, 3.63) is 74.6 Å². The number of oxazole rings is 1. The number of hydrogen-bond acceptors (Lipinski definition) is 5. The van der Waals surface area contributed by atoms with E-state index in [9.17, 15) is 14.4 Å². The predicted octanol–water partition coefficient (Wildman–Crippen LogP) is 2.29. The van der Waals surface area contributed by atoms with Crippen molar-refractivity contribution in [3.8, 4) is 0 Å².